The van der Waals surface area contributed by atoms with E-state index in [4.69, 9.17) is 9.47 Å². The highest BCUT2D eigenvalue weighted by Crippen LogP contribution is 2.19. The van der Waals surface area contributed by atoms with Crippen LogP contribution in [-0.2, 0) is 16.1 Å². The van der Waals surface area contributed by atoms with E-state index >= 15 is 0 Å². The minimum Gasteiger partial charge on any atom is -0.462 e. The van der Waals surface area contributed by atoms with Gasteiger partial charge in [0, 0.05) is 32.8 Å². The minimum absolute atomic E-state index is 0.125. The molecule has 0 spiro atoms. The molecule has 0 radical (unpaired) electrons. The second-order valence-electron chi connectivity index (χ2n) is 10.3. The lowest BCUT2D eigenvalue weighted by atomic mass is 10.00. The number of carbonyl (C=O) groups is 3. The molecule has 8 heteroatoms. The molecule has 1 aliphatic heterocycles. The third-order valence-electron chi connectivity index (χ3n) is 7.32. The van der Waals surface area contributed by atoms with Gasteiger partial charge in [-0.05, 0) is 42.4 Å². The van der Waals surface area contributed by atoms with E-state index in [-0.39, 0.29) is 23.1 Å². The molecular weight excluding hydrogens is 482 g/mol. The molecule has 1 aliphatic rings. The van der Waals surface area contributed by atoms with Crippen LogP contribution in [0.1, 0.15) is 105 Å². The summed E-state index contributed by atoms with van der Waals surface area (Å²) in [7, 11) is 0. The second-order valence-corrected chi connectivity index (χ2v) is 10.3. The first-order valence-electron chi connectivity index (χ1n) is 14.6. The molecule has 2 atom stereocenters. The number of urea groups is 1. The van der Waals surface area contributed by atoms with E-state index < -0.39 is 5.97 Å². The SMILES string of the molecule is CCCCC(CC)COCc1ccc(C(=O)OCC(CC)CCCC)c(C(=O)NCCN2CCNC2=O)c1. The van der Waals surface area contributed by atoms with Gasteiger partial charge in [0.15, 0.2) is 0 Å². The lowest BCUT2D eigenvalue weighted by Gasteiger charge is -2.18. The Morgan fingerprint density at radius 1 is 1.00 bits per heavy atom. The number of esters is 1. The molecule has 2 N–H and O–H groups in total. The number of rotatable bonds is 19. The van der Waals surface area contributed by atoms with Crippen LogP contribution in [-0.4, -0.2) is 62.2 Å². The Kier molecular flexibility index (Phi) is 14.8. The molecule has 1 heterocycles. The van der Waals surface area contributed by atoms with Crippen molar-refractivity contribution in [1.82, 2.24) is 15.5 Å². The fourth-order valence-electron chi connectivity index (χ4n) is 4.58. The van der Waals surface area contributed by atoms with E-state index in [1.807, 2.05) is 6.07 Å². The molecule has 214 valence electrons. The van der Waals surface area contributed by atoms with Crippen LogP contribution in [0.5, 0.6) is 0 Å². The van der Waals surface area contributed by atoms with E-state index in [2.05, 4.69) is 38.3 Å². The molecule has 0 bridgehead atoms. The Balaban J connectivity index is 2.08. The molecule has 3 amide bonds. The molecular formula is C30H49N3O5. The predicted molar refractivity (Wildman–Crippen MR) is 150 cm³/mol. The molecule has 38 heavy (non-hydrogen) atoms. The van der Waals surface area contributed by atoms with Crippen LogP contribution in [0.2, 0.25) is 0 Å². The number of ether oxygens (including phenoxy) is 2. The number of nitrogens with one attached hydrogen (secondary N) is 2. The summed E-state index contributed by atoms with van der Waals surface area (Å²) in [5, 5.41) is 5.62. The van der Waals surface area contributed by atoms with E-state index in [0.29, 0.717) is 57.8 Å². The Labute approximate surface area is 229 Å². The van der Waals surface area contributed by atoms with Gasteiger partial charge in [-0.25, -0.2) is 9.59 Å². The molecule has 8 nitrogen and oxygen atoms in total. The van der Waals surface area contributed by atoms with Gasteiger partial charge in [0.1, 0.15) is 0 Å². The second kappa shape index (κ2) is 17.8. The lowest BCUT2D eigenvalue weighted by molar-refractivity contribution is 0.0425. The highest BCUT2D eigenvalue weighted by atomic mass is 16.5. The number of hydrogen-bond acceptors (Lipinski definition) is 5. The van der Waals surface area contributed by atoms with Gasteiger partial charge in [0.2, 0.25) is 0 Å². The number of unbranched alkanes of at least 4 members (excludes halogenated alkanes) is 2. The monoisotopic (exact) mass is 531 g/mol. The van der Waals surface area contributed by atoms with E-state index in [1.165, 1.54) is 12.8 Å². The van der Waals surface area contributed by atoms with Crippen LogP contribution in [0.15, 0.2) is 18.2 Å². The van der Waals surface area contributed by atoms with Crippen LogP contribution in [0, 0.1) is 11.8 Å². The number of amides is 3. The third-order valence-corrected chi connectivity index (χ3v) is 7.32. The van der Waals surface area contributed by atoms with Crippen molar-refractivity contribution in [3.63, 3.8) is 0 Å². The van der Waals surface area contributed by atoms with Crippen molar-refractivity contribution < 1.29 is 23.9 Å². The van der Waals surface area contributed by atoms with E-state index in [0.717, 1.165) is 44.1 Å². The summed E-state index contributed by atoms with van der Waals surface area (Å²) in [4.78, 5) is 39.7. The smallest absolute Gasteiger partial charge is 0.338 e. The van der Waals surface area contributed by atoms with Crippen molar-refractivity contribution in [1.29, 1.82) is 0 Å². The molecule has 1 fully saturated rings. The summed E-state index contributed by atoms with van der Waals surface area (Å²) in [5.41, 5.74) is 1.37. The van der Waals surface area contributed by atoms with E-state index in [1.54, 1.807) is 17.0 Å². The van der Waals surface area contributed by atoms with Gasteiger partial charge in [0.05, 0.1) is 24.3 Å². The van der Waals surface area contributed by atoms with Crippen molar-refractivity contribution in [2.45, 2.75) is 85.7 Å². The molecule has 1 saturated heterocycles. The van der Waals surface area contributed by atoms with Crippen LogP contribution in [0.4, 0.5) is 4.79 Å². The zero-order chi connectivity index (χ0) is 27.8. The maximum Gasteiger partial charge on any atom is 0.338 e. The van der Waals surface area contributed by atoms with Crippen molar-refractivity contribution in [3.05, 3.63) is 34.9 Å². The Morgan fingerprint density at radius 2 is 1.68 bits per heavy atom. The first-order chi connectivity index (χ1) is 18.4. The van der Waals surface area contributed by atoms with Crippen LogP contribution < -0.4 is 10.6 Å². The normalized spacial score (nSPS) is 14.7. The first kappa shape index (κ1) is 31.6. The van der Waals surface area contributed by atoms with Gasteiger partial charge >= 0.3 is 12.0 Å². The highest BCUT2D eigenvalue weighted by molar-refractivity contribution is 6.05. The number of hydrogen-bond donors (Lipinski definition) is 2. The van der Waals surface area contributed by atoms with Crippen molar-refractivity contribution in [2.24, 2.45) is 11.8 Å². The van der Waals surface area contributed by atoms with Gasteiger partial charge < -0.3 is 25.0 Å². The first-order valence-corrected chi connectivity index (χ1v) is 14.6. The Hall–Kier alpha value is -2.61. The van der Waals surface area contributed by atoms with E-state index in [9.17, 15) is 14.4 Å². The van der Waals surface area contributed by atoms with Gasteiger partial charge in [0.25, 0.3) is 5.91 Å². The van der Waals surface area contributed by atoms with Crippen LogP contribution in [0.25, 0.3) is 0 Å². The summed E-state index contributed by atoms with van der Waals surface area (Å²) >= 11 is 0. The fraction of sp³-hybridized carbons (Fsp3) is 0.700. The molecule has 0 aromatic heterocycles. The lowest BCUT2D eigenvalue weighted by Crippen LogP contribution is -2.37. The molecule has 1 aromatic rings. The third kappa shape index (κ3) is 10.6. The van der Waals surface area contributed by atoms with Gasteiger partial charge in [-0.2, -0.15) is 0 Å². The van der Waals surface area contributed by atoms with Crippen LogP contribution in [0.3, 0.4) is 0 Å². The van der Waals surface area contributed by atoms with Gasteiger partial charge in [-0.1, -0.05) is 72.3 Å². The summed E-state index contributed by atoms with van der Waals surface area (Å²) in [6.45, 7) is 12.0. The molecule has 1 aromatic carbocycles. The summed E-state index contributed by atoms with van der Waals surface area (Å²) in [6.07, 6.45) is 8.76. The quantitative estimate of drug-likeness (QED) is 0.228. The highest BCUT2D eigenvalue weighted by Gasteiger charge is 2.22. The molecule has 0 aliphatic carbocycles. The topological polar surface area (TPSA) is 97.0 Å². The Bertz CT molecular complexity index is 875. The van der Waals surface area contributed by atoms with Gasteiger partial charge in [-0.15, -0.1) is 0 Å². The predicted octanol–water partition coefficient (Wildman–Crippen LogP) is 5.55. The molecule has 2 unspecified atom stereocenters. The Morgan fingerprint density at radius 3 is 2.29 bits per heavy atom. The standard InChI is InChI=1S/C30H49N3O5/c1-5-9-11-23(7-3)20-37-21-25-13-14-26(29(35)38-22-24(8-4)12-10-6-2)27(19-25)28(34)31-15-17-33-18-16-32-30(33)36/h13-14,19,23-24H,5-12,15-18,20-22H2,1-4H3,(H,31,34)(H,32,36). The number of benzene rings is 1. The minimum atomic E-state index is -0.484. The summed E-state index contributed by atoms with van der Waals surface area (Å²) < 4.78 is 11.7. The van der Waals surface area contributed by atoms with Gasteiger partial charge in [-0.3, -0.25) is 4.79 Å². The average molecular weight is 532 g/mol. The maximum atomic E-state index is 13.2. The summed E-state index contributed by atoms with van der Waals surface area (Å²) in [6, 6.07) is 5.12. The number of carbonyl (C=O) groups excluding carboxylic acids is 3. The van der Waals surface area contributed by atoms with Crippen LogP contribution >= 0.6 is 0 Å². The largest absolute Gasteiger partial charge is 0.462 e. The van der Waals surface area contributed by atoms with Crippen molar-refractivity contribution >= 4 is 17.9 Å². The summed E-state index contributed by atoms with van der Waals surface area (Å²) in [5.74, 6) is -0.00318. The number of nitrogens with zero attached hydrogens (tertiary/aromatic N) is 1. The maximum absolute atomic E-state index is 13.2. The van der Waals surface area contributed by atoms with Crippen molar-refractivity contribution in [2.75, 3.05) is 39.4 Å². The molecule has 0 saturated carbocycles. The van der Waals surface area contributed by atoms with Crippen molar-refractivity contribution in [3.8, 4) is 0 Å². The fourth-order valence-corrected chi connectivity index (χ4v) is 4.58. The average Bonchev–Trinajstić information content (AvgIpc) is 3.34. The molecule has 2 rings (SSSR count). The zero-order valence-electron chi connectivity index (χ0n) is 24.0. The zero-order valence-corrected chi connectivity index (χ0v) is 24.0.